The topological polar surface area (TPSA) is 65.0 Å². The molecule has 210 valence electrons. The minimum Gasteiger partial charge on any atom is -0.508 e. The number of carbonyl (C=O) groups is 1. The smallest absolute Gasteiger partial charge is 0.309 e. The van der Waals surface area contributed by atoms with Crippen LogP contribution in [0.1, 0.15) is 108 Å². The second-order valence-electron chi connectivity index (χ2n) is 11.0. The first-order valence-electron chi connectivity index (χ1n) is 14.7. The SMILES string of the molecule is CCCCC1CCC(C(=O)OCCOC(C)Oc2ccc(C(CC)CC(C)c3ccc(O)cc3)cc2)CC1. The highest BCUT2D eigenvalue weighted by Crippen LogP contribution is 2.34. The molecule has 0 radical (unpaired) electrons. The van der Waals surface area contributed by atoms with Crippen molar-refractivity contribution in [3.05, 3.63) is 59.7 Å². The number of esters is 1. The van der Waals surface area contributed by atoms with Gasteiger partial charge in [-0.25, -0.2) is 0 Å². The van der Waals surface area contributed by atoms with E-state index in [0.717, 1.165) is 50.2 Å². The van der Waals surface area contributed by atoms with E-state index >= 15 is 0 Å². The van der Waals surface area contributed by atoms with Crippen molar-refractivity contribution >= 4 is 5.97 Å². The van der Waals surface area contributed by atoms with Gasteiger partial charge in [-0.05, 0) is 98.6 Å². The molecule has 0 heterocycles. The Morgan fingerprint density at radius 2 is 1.58 bits per heavy atom. The van der Waals surface area contributed by atoms with Crippen LogP contribution in [-0.4, -0.2) is 30.6 Å². The molecular formula is C33H48O5. The van der Waals surface area contributed by atoms with Gasteiger partial charge in [0, 0.05) is 0 Å². The van der Waals surface area contributed by atoms with Crippen molar-refractivity contribution in [2.24, 2.45) is 11.8 Å². The highest BCUT2D eigenvalue weighted by atomic mass is 16.7. The molecule has 1 saturated carbocycles. The van der Waals surface area contributed by atoms with Crippen molar-refractivity contribution in [3.63, 3.8) is 0 Å². The van der Waals surface area contributed by atoms with E-state index in [2.05, 4.69) is 32.9 Å². The summed E-state index contributed by atoms with van der Waals surface area (Å²) in [6.45, 7) is 9.14. The number of phenolic OH excluding ortho intramolecular Hbond substituents is 1. The van der Waals surface area contributed by atoms with Gasteiger partial charge in [-0.15, -0.1) is 0 Å². The molecule has 3 atom stereocenters. The van der Waals surface area contributed by atoms with Crippen molar-refractivity contribution < 1.29 is 24.1 Å². The van der Waals surface area contributed by atoms with Gasteiger partial charge in [0.2, 0.25) is 0 Å². The largest absolute Gasteiger partial charge is 0.508 e. The fourth-order valence-electron chi connectivity index (χ4n) is 5.60. The fourth-order valence-corrected chi connectivity index (χ4v) is 5.60. The Labute approximate surface area is 229 Å². The summed E-state index contributed by atoms with van der Waals surface area (Å²) in [4.78, 5) is 12.4. The van der Waals surface area contributed by atoms with Gasteiger partial charge in [0.15, 0.2) is 6.29 Å². The summed E-state index contributed by atoms with van der Waals surface area (Å²) in [6.07, 6.45) is 9.72. The third kappa shape index (κ3) is 9.65. The Balaban J connectivity index is 1.35. The lowest BCUT2D eigenvalue weighted by Crippen LogP contribution is -2.26. The van der Waals surface area contributed by atoms with Gasteiger partial charge in [-0.2, -0.15) is 0 Å². The van der Waals surface area contributed by atoms with E-state index in [1.165, 1.54) is 30.4 Å². The number of hydrogen-bond donors (Lipinski definition) is 1. The lowest BCUT2D eigenvalue weighted by molar-refractivity contribution is -0.154. The molecule has 1 aliphatic carbocycles. The van der Waals surface area contributed by atoms with Crippen LogP contribution in [0.5, 0.6) is 11.5 Å². The first-order valence-corrected chi connectivity index (χ1v) is 14.7. The first-order chi connectivity index (χ1) is 18.4. The van der Waals surface area contributed by atoms with Crippen molar-refractivity contribution in [2.75, 3.05) is 13.2 Å². The lowest BCUT2D eigenvalue weighted by atomic mass is 9.80. The number of aromatic hydroxyl groups is 1. The molecule has 0 aromatic heterocycles. The zero-order valence-corrected chi connectivity index (χ0v) is 23.9. The average Bonchev–Trinajstić information content (AvgIpc) is 2.94. The van der Waals surface area contributed by atoms with E-state index in [1.54, 1.807) is 12.1 Å². The summed E-state index contributed by atoms with van der Waals surface area (Å²) in [5.74, 6) is 2.68. The zero-order chi connectivity index (χ0) is 27.3. The minimum atomic E-state index is -0.426. The average molecular weight is 525 g/mol. The molecule has 5 nitrogen and oxygen atoms in total. The van der Waals surface area contributed by atoms with Crippen LogP contribution in [0, 0.1) is 11.8 Å². The molecule has 38 heavy (non-hydrogen) atoms. The lowest BCUT2D eigenvalue weighted by Gasteiger charge is -2.27. The van der Waals surface area contributed by atoms with Crippen LogP contribution in [0.4, 0.5) is 0 Å². The molecule has 2 aromatic carbocycles. The van der Waals surface area contributed by atoms with Gasteiger partial charge in [-0.1, -0.05) is 64.3 Å². The third-order valence-corrected chi connectivity index (χ3v) is 8.07. The molecule has 3 unspecified atom stereocenters. The van der Waals surface area contributed by atoms with Crippen LogP contribution in [0.25, 0.3) is 0 Å². The normalized spacial score (nSPS) is 19.9. The molecule has 0 saturated heterocycles. The Morgan fingerprint density at radius 1 is 0.921 bits per heavy atom. The monoisotopic (exact) mass is 524 g/mol. The minimum absolute atomic E-state index is 0.0519. The van der Waals surface area contributed by atoms with Gasteiger partial charge in [-0.3, -0.25) is 4.79 Å². The van der Waals surface area contributed by atoms with Crippen LogP contribution in [0.15, 0.2) is 48.5 Å². The van der Waals surface area contributed by atoms with E-state index in [0.29, 0.717) is 24.2 Å². The second kappa shape index (κ2) is 15.8. The number of unbranched alkanes of at least 4 members (excludes halogenated alkanes) is 1. The van der Waals surface area contributed by atoms with Crippen molar-refractivity contribution in [2.45, 2.75) is 104 Å². The van der Waals surface area contributed by atoms with Crippen LogP contribution in [-0.2, 0) is 14.3 Å². The molecule has 5 heteroatoms. The molecule has 1 N–H and O–H groups in total. The quantitative estimate of drug-likeness (QED) is 0.144. The van der Waals surface area contributed by atoms with Crippen molar-refractivity contribution in [1.29, 1.82) is 0 Å². The van der Waals surface area contributed by atoms with Crippen LogP contribution >= 0.6 is 0 Å². The number of phenols is 1. The van der Waals surface area contributed by atoms with E-state index in [4.69, 9.17) is 14.2 Å². The van der Waals surface area contributed by atoms with Gasteiger partial charge in [0.05, 0.1) is 12.5 Å². The number of carbonyl (C=O) groups excluding carboxylic acids is 1. The van der Waals surface area contributed by atoms with Gasteiger partial charge >= 0.3 is 5.97 Å². The molecule has 1 fully saturated rings. The Bertz CT molecular complexity index is 931. The predicted molar refractivity (Wildman–Crippen MR) is 153 cm³/mol. The van der Waals surface area contributed by atoms with E-state index in [1.807, 2.05) is 31.2 Å². The number of rotatable bonds is 15. The molecule has 0 amide bonds. The maximum absolute atomic E-state index is 12.4. The first kappa shape index (κ1) is 30.0. The van der Waals surface area contributed by atoms with Gasteiger partial charge in [0.1, 0.15) is 18.1 Å². The van der Waals surface area contributed by atoms with Crippen LogP contribution in [0.3, 0.4) is 0 Å². The number of benzene rings is 2. The Hall–Kier alpha value is -2.53. The zero-order valence-electron chi connectivity index (χ0n) is 23.9. The standard InChI is InChI=1S/C33H48O5/c1-5-7-8-26-9-11-30(12-10-26)33(35)37-22-21-36-25(4)38-32-19-15-29(16-20-32)27(6-2)23-24(3)28-13-17-31(34)18-14-28/h13-20,24-27,30,34H,5-12,21-23H2,1-4H3. The van der Waals surface area contributed by atoms with E-state index in [-0.39, 0.29) is 18.5 Å². The summed E-state index contributed by atoms with van der Waals surface area (Å²) >= 11 is 0. The predicted octanol–water partition coefficient (Wildman–Crippen LogP) is 8.36. The van der Waals surface area contributed by atoms with Gasteiger partial charge < -0.3 is 19.3 Å². The van der Waals surface area contributed by atoms with E-state index in [9.17, 15) is 9.90 Å². The van der Waals surface area contributed by atoms with Gasteiger partial charge in [0.25, 0.3) is 0 Å². The summed E-state index contributed by atoms with van der Waals surface area (Å²) < 4.78 is 17.2. The number of ether oxygens (including phenoxy) is 3. The highest BCUT2D eigenvalue weighted by Gasteiger charge is 2.27. The third-order valence-electron chi connectivity index (χ3n) is 8.07. The molecule has 1 aliphatic rings. The second-order valence-corrected chi connectivity index (χ2v) is 11.0. The van der Waals surface area contributed by atoms with Crippen LogP contribution < -0.4 is 4.74 Å². The molecular weight excluding hydrogens is 476 g/mol. The summed E-state index contributed by atoms with van der Waals surface area (Å²) in [5.41, 5.74) is 2.54. The number of hydrogen-bond acceptors (Lipinski definition) is 5. The van der Waals surface area contributed by atoms with E-state index < -0.39 is 6.29 Å². The fraction of sp³-hybridized carbons (Fsp3) is 0.606. The molecule has 0 spiro atoms. The van der Waals surface area contributed by atoms with Crippen molar-refractivity contribution in [1.82, 2.24) is 0 Å². The maximum atomic E-state index is 12.4. The Morgan fingerprint density at radius 3 is 2.21 bits per heavy atom. The maximum Gasteiger partial charge on any atom is 0.309 e. The summed E-state index contributed by atoms with van der Waals surface area (Å²) in [5, 5.41) is 9.55. The Kier molecular flexibility index (Phi) is 12.5. The highest BCUT2D eigenvalue weighted by molar-refractivity contribution is 5.72. The van der Waals surface area contributed by atoms with Crippen LogP contribution in [0.2, 0.25) is 0 Å². The summed E-state index contributed by atoms with van der Waals surface area (Å²) in [7, 11) is 0. The molecule has 0 bridgehead atoms. The molecule has 2 aromatic rings. The molecule has 3 rings (SSSR count). The molecule has 0 aliphatic heterocycles. The van der Waals surface area contributed by atoms with Crippen molar-refractivity contribution in [3.8, 4) is 11.5 Å². The summed E-state index contributed by atoms with van der Waals surface area (Å²) in [6, 6.07) is 15.8.